The number of pyridine rings is 1. The zero-order chi connectivity index (χ0) is 16.9. The number of piperazine rings is 1. The molecule has 24 heavy (non-hydrogen) atoms. The molecule has 0 spiro atoms. The largest absolute Gasteiger partial charge is 0.495 e. The number of para-hydroxylation sites is 2. The van der Waals surface area contributed by atoms with Gasteiger partial charge in [0.1, 0.15) is 11.6 Å². The van der Waals surface area contributed by atoms with E-state index in [1.165, 1.54) is 0 Å². The van der Waals surface area contributed by atoms with Crippen LogP contribution in [0.25, 0.3) is 0 Å². The Morgan fingerprint density at radius 2 is 1.88 bits per heavy atom. The first kappa shape index (κ1) is 16.3. The number of benzene rings is 1. The number of nitrogens with one attached hydrogen (secondary N) is 1. The van der Waals surface area contributed by atoms with Crippen molar-refractivity contribution < 1.29 is 9.53 Å². The average Bonchev–Trinajstić information content (AvgIpc) is 2.63. The lowest BCUT2D eigenvalue weighted by Gasteiger charge is -2.34. The first-order chi connectivity index (χ1) is 11.7. The van der Waals surface area contributed by atoms with Crippen molar-refractivity contribution in [2.24, 2.45) is 0 Å². The molecular weight excluding hydrogens is 304 g/mol. The molecule has 3 rings (SSSR count). The van der Waals surface area contributed by atoms with Gasteiger partial charge in [-0.3, -0.25) is 4.79 Å². The third kappa shape index (κ3) is 3.49. The van der Waals surface area contributed by atoms with Gasteiger partial charge in [0.25, 0.3) is 5.91 Å². The smallest absolute Gasteiger partial charge is 0.259 e. The van der Waals surface area contributed by atoms with E-state index in [1.54, 1.807) is 19.4 Å². The van der Waals surface area contributed by atoms with Gasteiger partial charge in [0.15, 0.2) is 0 Å². The van der Waals surface area contributed by atoms with Crippen LogP contribution in [-0.4, -0.2) is 56.1 Å². The van der Waals surface area contributed by atoms with Crippen molar-refractivity contribution in [2.45, 2.75) is 0 Å². The molecule has 1 aromatic carbocycles. The number of aromatic nitrogens is 1. The van der Waals surface area contributed by atoms with Gasteiger partial charge < -0.3 is 19.9 Å². The van der Waals surface area contributed by atoms with Crippen LogP contribution in [0.1, 0.15) is 10.4 Å². The van der Waals surface area contributed by atoms with Crippen LogP contribution in [0.15, 0.2) is 42.6 Å². The van der Waals surface area contributed by atoms with E-state index < -0.39 is 0 Å². The predicted octanol–water partition coefficient (Wildman–Crippen LogP) is 2.09. The van der Waals surface area contributed by atoms with Gasteiger partial charge in [-0.2, -0.15) is 0 Å². The Labute approximate surface area is 142 Å². The molecule has 2 heterocycles. The summed E-state index contributed by atoms with van der Waals surface area (Å²) in [5.41, 5.74) is 1.23. The van der Waals surface area contributed by atoms with Gasteiger partial charge in [-0.25, -0.2) is 4.98 Å². The van der Waals surface area contributed by atoms with Crippen molar-refractivity contribution in [3.8, 4) is 5.75 Å². The molecule has 1 aromatic heterocycles. The number of likely N-dealkylation sites (N-methyl/N-ethyl adjacent to an activating group) is 1. The van der Waals surface area contributed by atoms with E-state index in [0.717, 1.165) is 32.0 Å². The summed E-state index contributed by atoms with van der Waals surface area (Å²) in [5, 5.41) is 2.92. The fourth-order valence-corrected chi connectivity index (χ4v) is 2.78. The van der Waals surface area contributed by atoms with Crippen LogP contribution in [0.2, 0.25) is 0 Å². The Hall–Kier alpha value is -2.60. The van der Waals surface area contributed by atoms with E-state index in [-0.39, 0.29) is 5.91 Å². The Morgan fingerprint density at radius 1 is 1.12 bits per heavy atom. The maximum absolute atomic E-state index is 12.8. The molecule has 0 radical (unpaired) electrons. The normalized spacial score (nSPS) is 15.2. The summed E-state index contributed by atoms with van der Waals surface area (Å²) in [6.07, 6.45) is 1.73. The van der Waals surface area contributed by atoms with E-state index >= 15 is 0 Å². The summed E-state index contributed by atoms with van der Waals surface area (Å²) in [5.74, 6) is 1.19. The van der Waals surface area contributed by atoms with Crippen LogP contribution in [0, 0.1) is 0 Å². The summed E-state index contributed by atoms with van der Waals surface area (Å²) in [7, 11) is 3.69. The maximum atomic E-state index is 12.8. The molecule has 6 nitrogen and oxygen atoms in total. The Balaban J connectivity index is 1.83. The highest BCUT2D eigenvalue weighted by Crippen LogP contribution is 2.25. The lowest BCUT2D eigenvalue weighted by molar-refractivity contribution is 0.102. The number of rotatable bonds is 4. The van der Waals surface area contributed by atoms with Gasteiger partial charge in [-0.15, -0.1) is 0 Å². The molecule has 1 fully saturated rings. The monoisotopic (exact) mass is 326 g/mol. The number of hydrogen-bond acceptors (Lipinski definition) is 5. The fourth-order valence-electron chi connectivity index (χ4n) is 2.78. The van der Waals surface area contributed by atoms with E-state index in [9.17, 15) is 4.79 Å². The summed E-state index contributed by atoms with van der Waals surface area (Å²) in [6, 6.07) is 11.0. The highest BCUT2D eigenvalue weighted by Gasteiger charge is 2.21. The topological polar surface area (TPSA) is 57.7 Å². The van der Waals surface area contributed by atoms with Crippen LogP contribution in [0.5, 0.6) is 5.75 Å². The molecule has 2 aromatic rings. The molecule has 1 saturated heterocycles. The van der Waals surface area contributed by atoms with Gasteiger partial charge >= 0.3 is 0 Å². The number of methoxy groups -OCH3 is 1. The van der Waals surface area contributed by atoms with Crippen LogP contribution >= 0.6 is 0 Å². The minimum absolute atomic E-state index is 0.179. The van der Waals surface area contributed by atoms with Crippen LogP contribution in [0.3, 0.4) is 0 Å². The van der Waals surface area contributed by atoms with E-state index in [4.69, 9.17) is 4.74 Å². The molecule has 1 N–H and O–H groups in total. The third-order valence-corrected chi connectivity index (χ3v) is 4.19. The van der Waals surface area contributed by atoms with E-state index in [0.29, 0.717) is 17.0 Å². The van der Waals surface area contributed by atoms with Gasteiger partial charge in [0.05, 0.1) is 18.4 Å². The van der Waals surface area contributed by atoms with E-state index in [1.807, 2.05) is 30.3 Å². The zero-order valence-electron chi connectivity index (χ0n) is 14.0. The second-order valence-electron chi connectivity index (χ2n) is 5.82. The SMILES string of the molecule is COc1ccccc1NC(=O)c1cccnc1N1CCN(C)CC1. The van der Waals surface area contributed by atoms with Gasteiger partial charge in [0.2, 0.25) is 0 Å². The van der Waals surface area contributed by atoms with Gasteiger partial charge in [-0.1, -0.05) is 12.1 Å². The molecule has 0 atom stereocenters. The maximum Gasteiger partial charge on any atom is 0.259 e. The molecule has 0 saturated carbocycles. The minimum atomic E-state index is -0.179. The van der Waals surface area contributed by atoms with Crippen molar-refractivity contribution in [1.82, 2.24) is 9.88 Å². The van der Waals surface area contributed by atoms with Crippen LogP contribution in [-0.2, 0) is 0 Å². The number of hydrogen-bond donors (Lipinski definition) is 1. The minimum Gasteiger partial charge on any atom is -0.495 e. The lowest BCUT2D eigenvalue weighted by Crippen LogP contribution is -2.45. The number of anilines is 2. The average molecular weight is 326 g/mol. The van der Waals surface area contributed by atoms with E-state index in [2.05, 4.69) is 27.1 Å². The number of amides is 1. The van der Waals surface area contributed by atoms with Gasteiger partial charge in [-0.05, 0) is 31.3 Å². The molecule has 6 heteroatoms. The molecule has 0 aliphatic carbocycles. The lowest BCUT2D eigenvalue weighted by atomic mass is 10.2. The standard InChI is InChI=1S/C18H22N4O2/c1-21-10-12-22(13-11-21)17-14(6-5-9-19-17)18(23)20-15-7-3-4-8-16(15)24-2/h3-9H,10-13H2,1-2H3,(H,20,23). The Morgan fingerprint density at radius 3 is 2.62 bits per heavy atom. The number of nitrogens with zero attached hydrogens (tertiary/aromatic N) is 3. The quantitative estimate of drug-likeness (QED) is 0.932. The molecule has 0 bridgehead atoms. The number of ether oxygens (including phenoxy) is 1. The van der Waals surface area contributed by atoms with Crippen molar-refractivity contribution in [2.75, 3.05) is 50.6 Å². The molecular formula is C18H22N4O2. The highest BCUT2D eigenvalue weighted by atomic mass is 16.5. The second kappa shape index (κ2) is 7.31. The highest BCUT2D eigenvalue weighted by molar-refractivity contribution is 6.08. The predicted molar refractivity (Wildman–Crippen MR) is 94.9 cm³/mol. The number of carbonyl (C=O) groups excluding carboxylic acids is 1. The summed E-state index contributed by atoms with van der Waals surface area (Å²) in [6.45, 7) is 3.65. The van der Waals surface area contributed by atoms with Crippen molar-refractivity contribution in [1.29, 1.82) is 0 Å². The molecule has 1 amide bonds. The van der Waals surface area contributed by atoms with Gasteiger partial charge in [0, 0.05) is 32.4 Å². The second-order valence-corrected chi connectivity index (χ2v) is 5.82. The summed E-state index contributed by atoms with van der Waals surface area (Å²) >= 11 is 0. The molecule has 1 aliphatic heterocycles. The summed E-state index contributed by atoms with van der Waals surface area (Å²) < 4.78 is 5.29. The van der Waals surface area contributed by atoms with Crippen LogP contribution in [0.4, 0.5) is 11.5 Å². The van der Waals surface area contributed by atoms with Crippen molar-refractivity contribution in [3.63, 3.8) is 0 Å². The first-order valence-electron chi connectivity index (χ1n) is 8.02. The van der Waals surface area contributed by atoms with Crippen molar-refractivity contribution in [3.05, 3.63) is 48.2 Å². The zero-order valence-corrected chi connectivity index (χ0v) is 14.0. The molecule has 0 unspecified atom stereocenters. The molecule has 1 aliphatic rings. The third-order valence-electron chi connectivity index (χ3n) is 4.19. The summed E-state index contributed by atoms with van der Waals surface area (Å²) in [4.78, 5) is 21.6. The first-order valence-corrected chi connectivity index (χ1v) is 8.02. The van der Waals surface area contributed by atoms with Crippen LogP contribution < -0.4 is 15.0 Å². The Bertz CT molecular complexity index is 712. The molecule has 126 valence electrons. The number of carbonyl (C=O) groups is 1. The fraction of sp³-hybridized carbons (Fsp3) is 0.333. The Kier molecular flexibility index (Phi) is 4.96. The van der Waals surface area contributed by atoms with Crippen molar-refractivity contribution >= 4 is 17.4 Å².